The Balaban J connectivity index is 1.75. The summed E-state index contributed by atoms with van der Waals surface area (Å²) in [6.07, 6.45) is 0.703. The third-order valence-electron chi connectivity index (χ3n) is 3.76. The number of hydrogen-bond donors (Lipinski definition) is 2. The Hall–Kier alpha value is -2.18. The molecule has 0 saturated heterocycles. The lowest BCUT2D eigenvalue weighted by molar-refractivity contribution is -0.139. The highest BCUT2D eigenvalue weighted by molar-refractivity contribution is 7.07. The van der Waals surface area contributed by atoms with Crippen molar-refractivity contribution in [3.63, 3.8) is 0 Å². The molecule has 0 aliphatic rings. The standard InChI is InChI=1S/C18H23N3O2S/c1-21(2)16(15-9-11-24-13-15)12-20-18(23)17(22)19-10-8-14-6-4-3-5-7-14/h3-7,9,11,13,16H,8,10,12H2,1-2H3,(H,19,22)(H,20,23)/t16-/m0/s1. The van der Waals surface area contributed by atoms with Gasteiger partial charge < -0.3 is 15.5 Å². The number of nitrogens with zero attached hydrogens (tertiary/aromatic N) is 1. The summed E-state index contributed by atoms with van der Waals surface area (Å²) in [5.41, 5.74) is 2.26. The molecule has 0 saturated carbocycles. The minimum atomic E-state index is -0.592. The fourth-order valence-electron chi connectivity index (χ4n) is 2.38. The van der Waals surface area contributed by atoms with E-state index in [1.165, 1.54) is 0 Å². The van der Waals surface area contributed by atoms with Gasteiger partial charge in [-0.3, -0.25) is 9.59 Å². The Morgan fingerprint density at radius 1 is 1.08 bits per heavy atom. The molecule has 2 N–H and O–H groups in total. The van der Waals surface area contributed by atoms with E-state index >= 15 is 0 Å². The maximum Gasteiger partial charge on any atom is 0.309 e. The van der Waals surface area contributed by atoms with Gasteiger partial charge in [0.2, 0.25) is 0 Å². The summed E-state index contributed by atoms with van der Waals surface area (Å²) in [6, 6.07) is 11.9. The Kier molecular flexibility index (Phi) is 6.96. The number of thiophene rings is 1. The molecule has 2 aromatic rings. The first-order valence-electron chi connectivity index (χ1n) is 7.86. The number of carbonyl (C=O) groups excluding carboxylic acids is 2. The van der Waals surface area contributed by atoms with Crippen LogP contribution >= 0.6 is 11.3 Å². The summed E-state index contributed by atoms with van der Waals surface area (Å²) < 4.78 is 0. The molecular formula is C18H23N3O2S. The number of amides is 2. The Morgan fingerprint density at radius 3 is 2.42 bits per heavy atom. The smallest absolute Gasteiger partial charge is 0.309 e. The number of carbonyl (C=O) groups is 2. The third-order valence-corrected chi connectivity index (χ3v) is 4.46. The van der Waals surface area contributed by atoms with E-state index in [9.17, 15) is 9.59 Å². The van der Waals surface area contributed by atoms with Crippen LogP contribution in [0.3, 0.4) is 0 Å². The number of rotatable bonds is 7. The van der Waals surface area contributed by atoms with Gasteiger partial charge in [-0.25, -0.2) is 0 Å². The van der Waals surface area contributed by atoms with Crippen LogP contribution in [-0.4, -0.2) is 43.9 Å². The molecule has 0 bridgehead atoms. The first-order chi connectivity index (χ1) is 11.6. The summed E-state index contributed by atoms with van der Waals surface area (Å²) in [6.45, 7) is 0.840. The van der Waals surface area contributed by atoms with Crippen molar-refractivity contribution in [2.45, 2.75) is 12.5 Å². The molecule has 2 amide bonds. The van der Waals surface area contributed by atoms with Crippen molar-refractivity contribution in [3.05, 3.63) is 58.3 Å². The van der Waals surface area contributed by atoms with Gasteiger partial charge in [0, 0.05) is 13.1 Å². The highest BCUT2D eigenvalue weighted by Gasteiger charge is 2.18. The van der Waals surface area contributed by atoms with Crippen LogP contribution in [0.1, 0.15) is 17.2 Å². The summed E-state index contributed by atoms with van der Waals surface area (Å²) in [5.74, 6) is -1.18. The van der Waals surface area contributed by atoms with Crippen LogP contribution in [0.4, 0.5) is 0 Å². The van der Waals surface area contributed by atoms with Crippen LogP contribution < -0.4 is 10.6 Å². The molecule has 0 aliphatic carbocycles. The van der Waals surface area contributed by atoms with Gasteiger partial charge in [-0.05, 0) is 48.5 Å². The van der Waals surface area contributed by atoms with Gasteiger partial charge in [-0.2, -0.15) is 11.3 Å². The first-order valence-corrected chi connectivity index (χ1v) is 8.80. The van der Waals surface area contributed by atoms with E-state index in [2.05, 4.69) is 16.0 Å². The van der Waals surface area contributed by atoms with E-state index in [1.807, 2.05) is 60.8 Å². The van der Waals surface area contributed by atoms with Crippen LogP contribution in [-0.2, 0) is 16.0 Å². The van der Waals surface area contributed by atoms with Crippen molar-refractivity contribution < 1.29 is 9.59 Å². The van der Waals surface area contributed by atoms with Gasteiger partial charge in [0.25, 0.3) is 0 Å². The summed E-state index contributed by atoms with van der Waals surface area (Å²) in [5, 5.41) is 9.43. The number of likely N-dealkylation sites (N-methyl/N-ethyl adjacent to an activating group) is 1. The average Bonchev–Trinajstić information content (AvgIpc) is 3.09. The predicted octanol–water partition coefficient (Wildman–Crippen LogP) is 1.83. The normalized spacial score (nSPS) is 12.0. The molecule has 1 aromatic carbocycles. The van der Waals surface area contributed by atoms with Gasteiger partial charge in [-0.15, -0.1) is 0 Å². The Labute approximate surface area is 146 Å². The summed E-state index contributed by atoms with van der Waals surface area (Å²) >= 11 is 1.62. The van der Waals surface area contributed by atoms with Gasteiger partial charge in [0.15, 0.2) is 0 Å². The van der Waals surface area contributed by atoms with Crippen LogP contribution in [0.5, 0.6) is 0 Å². The van der Waals surface area contributed by atoms with E-state index in [-0.39, 0.29) is 6.04 Å². The Bertz CT molecular complexity index is 642. The maximum absolute atomic E-state index is 11.9. The monoisotopic (exact) mass is 345 g/mol. The van der Waals surface area contributed by atoms with Gasteiger partial charge in [-0.1, -0.05) is 30.3 Å². The number of benzene rings is 1. The molecule has 0 spiro atoms. The Morgan fingerprint density at radius 2 is 1.79 bits per heavy atom. The van der Waals surface area contributed by atoms with E-state index in [0.717, 1.165) is 11.1 Å². The zero-order valence-electron chi connectivity index (χ0n) is 14.0. The molecule has 1 aromatic heterocycles. The lowest BCUT2D eigenvalue weighted by Crippen LogP contribution is -2.43. The molecule has 2 rings (SSSR count). The molecule has 0 fully saturated rings. The topological polar surface area (TPSA) is 61.4 Å². The second-order valence-corrected chi connectivity index (χ2v) is 6.52. The average molecular weight is 345 g/mol. The lowest BCUT2D eigenvalue weighted by Gasteiger charge is -2.23. The molecule has 5 nitrogen and oxygen atoms in total. The van der Waals surface area contributed by atoms with Crippen molar-refractivity contribution in [1.29, 1.82) is 0 Å². The van der Waals surface area contributed by atoms with Gasteiger partial charge >= 0.3 is 11.8 Å². The zero-order valence-corrected chi connectivity index (χ0v) is 14.8. The van der Waals surface area contributed by atoms with Crippen molar-refractivity contribution >= 4 is 23.2 Å². The number of hydrogen-bond acceptors (Lipinski definition) is 4. The highest BCUT2D eigenvalue weighted by Crippen LogP contribution is 2.19. The van der Waals surface area contributed by atoms with Crippen molar-refractivity contribution in [2.24, 2.45) is 0 Å². The van der Waals surface area contributed by atoms with Gasteiger partial charge in [0.1, 0.15) is 0 Å². The second kappa shape index (κ2) is 9.20. The molecule has 0 radical (unpaired) electrons. The van der Waals surface area contributed by atoms with Crippen molar-refractivity contribution in [3.8, 4) is 0 Å². The van der Waals surface area contributed by atoms with Crippen LogP contribution in [0.25, 0.3) is 0 Å². The van der Waals surface area contributed by atoms with Crippen molar-refractivity contribution in [1.82, 2.24) is 15.5 Å². The summed E-state index contributed by atoms with van der Waals surface area (Å²) in [4.78, 5) is 25.8. The van der Waals surface area contributed by atoms with Crippen LogP contribution in [0.15, 0.2) is 47.2 Å². The minimum absolute atomic E-state index is 0.0531. The fraction of sp³-hybridized carbons (Fsp3) is 0.333. The van der Waals surface area contributed by atoms with E-state index in [0.29, 0.717) is 19.5 Å². The minimum Gasteiger partial charge on any atom is -0.348 e. The van der Waals surface area contributed by atoms with E-state index in [4.69, 9.17) is 0 Å². The first kappa shape index (κ1) is 18.2. The molecule has 0 aliphatic heterocycles. The maximum atomic E-state index is 11.9. The van der Waals surface area contributed by atoms with Crippen LogP contribution in [0.2, 0.25) is 0 Å². The molecule has 0 unspecified atom stereocenters. The molecule has 1 heterocycles. The highest BCUT2D eigenvalue weighted by atomic mass is 32.1. The zero-order chi connectivity index (χ0) is 17.4. The third kappa shape index (κ3) is 5.47. The fourth-order valence-corrected chi connectivity index (χ4v) is 3.09. The number of nitrogens with one attached hydrogen (secondary N) is 2. The largest absolute Gasteiger partial charge is 0.348 e. The lowest BCUT2D eigenvalue weighted by atomic mass is 10.1. The van der Waals surface area contributed by atoms with Gasteiger partial charge in [0.05, 0.1) is 6.04 Å². The quantitative estimate of drug-likeness (QED) is 0.753. The molecule has 128 valence electrons. The van der Waals surface area contributed by atoms with E-state index in [1.54, 1.807) is 11.3 Å². The molecule has 1 atom stereocenters. The predicted molar refractivity (Wildman–Crippen MR) is 96.9 cm³/mol. The molecule has 24 heavy (non-hydrogen) atoms. The molecule has 6 heteroatoms. The van der Waals surface area contributed by atoms with Crippen molar-refractivity contribution in [2.75, 3.05) is 27.2 Å². The van der Waals surface area contributed by atoms with E-state index < -0.39 is 11.8 Å². The molecular weight excluding hydrogens is 322 g/mol. The second-order valence-electron chi connectivity index (χ2n) is 5.74. The SMILES string of the molecule is CN(C)[C@@H](CNC(=O)C(=O)NCCc1ccccc1)c1ccsc1. The van der Waals surface area contributed by atoms with Crippen LogP contribution in [0, 0.1) is 0 Å². The summed E-state index contributed by atoms with van der Waals surface area (Å²) in [7, 11) is 3.91.